The van der Waals surface area contributed by atoms with Crippen molar-refractivity contribution in [2.24, 2.45) is 0 Å². The van der Waals surface area contributed by atoms with Crippen LogP contribution in [0.5, 0.6) is 0 Å². The van der Waals surface area contributed by atoms with E-state index in [1.165, 1.54) is 0 Å². The lowest BCUT2D eigenvalue weighted by Crippen LogP contribution is -2.38. The first-order valence-electron chi connectivity index (χ1n) is 5.68. The molecule has 0 rings (SSSR count). The van der Waals surface area contributed by atoms with Crippen molar-refractivity contribution < 1.29 is 4.79 Å². The summed E-state index contributed by atoms with van der Waals surface area (Å²) in [6.07, 6.45) is 8.03. The number of carbonyl (C=O) groups is 1. The van der Waals surface area contributed by atoms with Gasteiger partial charge in [0.15, 0.2) is 0 Å². The Morgan fingerprint density at radius 3 is 2.53 bits per heavy atom. The molecule has 3 nitrogen and oxygen atoms in total. The van der Waals surface area contributed by atoms with Crippen molar-refractivity contribution in [3.8, 4) is 12.3 Å². The number of amides is 1. The standard InChI is InChI=1S/C12H22N2O/c1-4-7-8-9-10-13-11-12(15)14(5-2)6-3/h1,13H,5-11H2,2-3H3. The van der Waals surface area contributed by atoms with Crippen molar-refractivity contribution in [3.05, 3.63) is 0 Å². The van der Waals surface area contributed by atoms with Gasteiger partial charge in [0.2, 0.25) is 5.91 Å². The molecule has 0 saturated heterocycles. The number of unbranched alkanes of at least 4 members (excludes halogenated alkanes) is 2. The number of carbonyl (C=O) groups excluding carboxylic acids is 1. The highest BCUT2D eigenvalue weighted by Gasteiger charge is 2.07. The largest absolute Gasteiger partial charge is 0.342 e. The Balaban J connectivity index is 3.43. The maximum absolute atomic E-state index is 11.5. The molecule has 0 aliphatic carbocycles. The fourth-order valence-corrected chi connectivity index (χ4v) is 1.36. The van der Waals surface area contributed by atoms with E-state index in [9.17, 15) is 4.79 Å². The Hall–Kier alpha value is -1.01. The van der Waals surface area contributed by atoms with Crippen LogP contribution in [0.3, 0.4) is 0 Å². The number of likely N-dealkylation sites (N-methyl/N-ethyl adjacent to an activating group) is 1. The van der Waals surface area contributed by atoms with E-state index >= 15 is 0 Å². The predicted octanol–water partition coefficient (Wildman–Crippen LogP) is 1.25. The second-order valence-electron chi connectivity index (χ2n) is 3.40. The lowest BCUT2D eigenvalue weighted by Gasteiger charge is -2.18. The minimum absolute atomic E-state index is 0.178. The summed E-state index contributed by atoms with van der Waals surface area (Å²) in [6.45, 7) is 6.87. The van der Waals surface area contributed by atoms with E-state index in [-0.39, 0.29) is 5.91 Å². The fraction of sp³-hybridized carbons (Fsp3) is 0.750. The Morgan fingerprint density at radius 1 is 1.33 bits per heavy atom. The van der Waals surface area contributed by atoms with Gasteiger partial charge in [-0.25, -0.2) is 0 Å². The maximum Gasteiger partial charge on any atom is 0.236 e. The molecule has 0 atom stereocenters. The van der Waals surface area contributed by atoms with Crippen molar-refractivity contribution in [2.75, 3.05) is 26.2 Å². The maximum atomic E-state index is 11.5. The molecule has 0 aliphatic rings. The van der Waals surface area contributed by atoms with Crippen molar-refractivity contribution in [2.45, 2.75) is 33.1 Å². The minimum Gasteiger partial charge on any atom is -0.342 e. The zero-order valence-electron chi connectivity index (χ0n) is 9.88. The van der Waals surface area contributed by atoms with Gasteiger partial charge in [-0.15, -0.1) is 12.3 Å². The number of hydrogen-bond donors (Lipinski definition) is 1. The van der Waals surface area contributed by atoms with E-state index in [1.54, 1.807) is 0 Å². The third-order valence-corrected chi connectivity index (χ3v) is 2.32. The summed E-state index contributed by atoms with van der Waals surface area (Å²) < 4.78 is 0. The summed E-state index contributed by atoms with van der Waals surface area (Å²) in [4.78, 5) is 13.4. The molecule has 0 aliphatic heterocycles. The highest BCUT2D eigenvalue weighted by atomic mass is 16.2. The monoisotopic (exact) mass is 210 g/mol. The van der Waals surface area contributed by atoms with Gasteiger partial charge in [0.05, 0.1) is 6.54 Å². The molecule has 0 fully saturated rings. The zero-order chi connectivity index (χ0) is 11.5. The van der Waals surface area contributed by atoms with Crippen molar-refractivity contribution >= 4 is 5.91 Å². The van der Waals surface area contributed by atoms with Gasteiger partial charge in [-0.1, -0.05) is 0 Å². The van der Waals surface area contributed by atoms with Crippen LogP contribution >= 0.6 is 0 Å². The summed E-state index contributed by atoms with van der Waals surface area (Å²) in [5, 5.41) is 3.13. The summed E-state index contributed by atoms with van der Waals surface area (Å²) in [6, 6.07) is 0. The topological polar surface area (TPSA) is 32.3 Å². The molecule has 0 spiro atoms. The number of nitrogens with zero attached hydrogens (tertiary/aromatic N) is 1. The van der Waals surface area contributed by atoms with E-state index in [0.29, 0.717) is 6.54 Å². The lowest BCUT2D eigenvalue weighted by atomic mass is 10.2. The van der Waals surface area contributed by atoms with Crippen molar-refractivity contribution in [1.82, 2.24) is 10.2 Å². The molecule has 1 N–H and O–H groups in total. The first-order chi connectivity index (χ1) is 7.26. The van der Waals surface area contributed by atoms with Gasteiger partial charge < -0.3 is 10.2 Å². The highest BCUT2D eigenvalue weighted by Crippen LogP contribution is 1.92. The molecule has 15 heavy (non-hydrogen) atoms. The van der Waals surface area contributed by atoms with E-state index < -0.39 is 0 Å². The van der Waals surface area contributed by atoms with Gasteiger partial charge >= 0.3 is 0 Å². The van der Waals surface area contributed by atoms with Gasteiger partial charge in [0, 0.05) is 19.5 Å². The van der Waals surface area contributed by atoms with Gasteiger partial charge in [-0.05, 0) is 33.2 Å². The molecular weight excluding hydrogens is 188 g/mol. The van der Waals surface area contributed by atoms with Crippen LogP contribution in [0, 0.1) is 12.3 Å². The third kappa shape index (κ3) is 6.98. The van der Waals surface area contributed by atoms with Gasteiger partial charge in [-0.3, -0.25) is 4.79 Å². The van der Waals surface area contributed by atoms with Crippen LogP contribution in [0.2, 0.25) is 0 Å². The Bertz CT molecular complexity index is 204. The molecule has 3 heteroatoms. The van der Waals surface area contributed by atoms with Crippen LogP contribution in [0.15, 0.2) is 0 Å². The van der Waals surface area contributed by atoms with Crippen molar-refractivity contribution in [3.63, 3.8) is 0 Å². The molecule has 86 valence electrons. The number of hydrogen-bond acceptors (Lipinski definition) is 2. The quantitative estimate of drug-likeness (QED) is 0.483. The fourth-order valence-electron chi connectivity index (χ4n) is 1.36. The summed E-state index contributed by atoms with van der Waals surface area (Å²) >= 11 is 0. The normalized spacial score (nSPS) is 9.67. The first kappa shape index (κ1) is 14.0. The average Bonchev–Trinajstić information content (AvgIpc) is 2.25. The van der Waals surface area contributed by atoms with E-state index in [0.717, 1.165) is 38.9 Å². The molecule has 0 bridgehead atoms. The Labute approximate surface area is 93.2 Å². The molecule has 1 amide bonds. The Morgan fingerprint density at radius 2 is 2.00 bits per heavy atom. The van der Waals surface area contributed by atoms with Crippen LogP contribution in [0.4, 0.5) is 0 Å². The lowest BCUT2D eigenvalue weighted by molar-refractivity contribution is -0.129. The zero-order valence-corrected chi connectivity index (χ0v) is 9.88. The first-order valence-corrected chi connectivity index (χ1v) is 5.68. The second-order valence-corrected chi connectivity index (χ2v) is 3.40. The molecular formula is C12H22N2O. The number of terminal acetylenes is 1. The van der Waals surface area contributed by atoms with Crippen LogP contribution in [0.1, 0.15) is 33.1 Å². The molecule has 0 radical (unpaired) electrons. The molecule has 0 unspecified atom stereocenters. The van der Waals surface area contributed by atoms with Crippen LogP contribution in [-0.2, 0) is 4.79 Å². The molecule has 0 aromatic carbocycles. The van der Waals surface area contributed by atoms with Crippen LogP contribution in [0.25, 0.3) is 0 Å². The smallest absolute Gasteiger partial charge is 0.236 e. The molecule has 0 aromatic heterocycles. The Kier molecular flexibility index (Phi) is 8.90. The van der Waals surface area contributed by atoms with Crippen molar-refractivity contribution in [1.29, 1.82) is 0 Å². The van der Waals surface area contributed by atoms with Gasteiger partial charge in [0.25, 0.3) is 0 Å². The number of rotatable bonds is 8. The summed E-state index contributed by atoms with van der Waals surface area (Å²) in [5.41, 5.74) is 0. The van der Waals surface area contributed by atoms with Gasteiger partial charge in [0.1, 0.15) is 0 Å². The second kappa shape index (κ2) is 9.54. The third-order valence-electron chi connectivity index (χ3n) is 2.32. The van der Waals surface area contributed by atoms with E-state index in [2.05, 4.69) is 11.2 Å². The predicted molar refractivity (Wildman–Crippen MR) is 63.5 cm³/mol. The van der Waals surface area contributed by atoms with Crippen LogP contribution < -0.4 is 5.32 Å². The molecule has 0 aromatic rings. The van der Waals surface area contributed by atoms with E-state index in [4.69, 9.17) is 6.42 Å². The van der Waals surface area contributed by atoms with Crippen LogP contribution in [-0.4, -0.2) is 37.0 Å². The highest BCUT2D eigenvalue weighted by molar-refractivity contribution is 5.78. The molecule has 0 heterocycles. The van der Waals surface area contributed by atoms with E-state index in [1.807, 2.05) is 18.7 Å². The number of nitrogens with one attached hydrogen (secondary N) is 1. The SMILES string of the molecule is C#CCCCCNCC(=O)N(CC)CC. The van der Waals surface area contributed by atoms with Gasteiger partial charge in [-0.2, -0.15) is 0 Å². The summed E-state index contributed by atoms with van der Waals surface area (Å²) in [7, 11) is 0. The average molecular weight is 210 g/mol. The molecule has 0 saturated carbocycles. The minimum atomic E-state index is 0.178. The summed E-state index contributed by atoms with van der Waals surface area (Å²) in [5.74, 6) is 2.78.